The van der Waals surface area contributed by atoms with E-state index in [1.807, 2.05) is 25.1 Å². The standard InChI is InChI=1S/C20H22Cl2N4O/c1-3-4-9-24-20(27)26-12(2)15-10-17(21)18(22)11-16(15)19(25-26)13-5-7-14(23)8-6-13/h5-8,10-12H,3-4,9,23H2,1-2H3,(H,24,27). The number of hydrogen-bond donors (Lipinski definition) is 2. The fourth-order valence-corrected chi connectivity index (χ4v) is 3.36. The highest BCUT2D eigenvalue weighted by Crippen LogP contribution is 2.36. The summed E-state index contributed by atoms with van der Waals surface area (Å²) in [4.78, 5) is 12.7. The van der Waals surface area contributed by atoms with Gasteiger partial charge in [-0.2, -0.15) is 5.10 Å². The summed E-state index contributed by atoms with van der Waals surface area (Å²) in [6.45, 7) is 4.61. The molecule has 5 nitrogen and oxygen atoms in total. The van der Waals surface area contributed by atoms with Gasteiger partial charge in [0.2, 0.25) is 0 Å². The number of amides is 2. The second-order valence-electron chi connectivity index (χ2n) is 6.53. The number of anilines is 1. The molecule has 27 heavy (non-hydrogen) atoms. The number of hydrazone groups is 1. The van der Waals surface area contributed by atoms with Crippen molar-refractivity contribution in [2.24, 2.45) is 5.10 Å². The molecule has 0 radical (unpaired) electrons. The van der Waals surface area contributed by atoms with Crippen molar-refractivity contribution < 1.29 is 4.79 Å². The van der Waals surface area contributed by atoms with Crippen LogP contribution in [0, 0.1) is 0 Å². The van der Waals surface area contributed by atoms with Crippen molar-refractivity contribution in [3.8, 4) is 0 Å². The van der Waals surface area contributed by atoms with Gasteiger partial charge in [0, 0.05) is 23.4 Å². The zero-order valence-corrected chi connectivity index (χ0v) is 16.8. The third-order valence-corrected chi connectivity index (χ3v) is 5.29. The lowest BCUT2D eigenvalue weighted by molar-refractivity contribution is 0.180. The van der Waals surface area contributed by atoms with Gasteiger partial charge in [0.15, 0.2) is 0 Å². The van der Waals surface area contributed by atoms with Gasteiger partial charge in [-0.25, -0.2) is 9.80 Å². The van der Waals surface area contributed by atoms with E-state index in [4.69, 9.17) is 28.9 Å². The molecule has 0 aromatic heterocycles. The largest absolute Gasteiger partial charge is 0.399 e. The molecule has 0 fully saturated rings. The molecular weight excluding hydrogens is 383 g/mol. The second-order valence-corrected chi connectivity index (χ2v) is 7.34. The highest BCUT2D eigenvalue weighted by molar-refractivity contribution is 6.42. The number of halogens is 2. The molecule has 3 N–H and O–H groups in total. The summed E-state index contributed by atoms with van der Waals surface area (Å²) in [6.07, 6.45) is 1.92. The molecular formula is C20H22Cl2N4O. The molecule has 3 rings (SSSR count). The molecule has 0 aliphatic carbocycles. The summed E-state index contributed by atoms with van der Waals surface area (Å²) in [5.74, 6) is 0. The van der Waals surface area contributed by atoms with Gasteiger partial charge in [-0.3, -0.25) is 0 Å². The van der Waals surface area contributed by atoms with Crippen LogP contribution in [0.2, 0.25) is 10.0 Å². The summed E-state index contributed by atoms with van der Waals surface area (Å²) < 4.78 is 0. The van der Waals surface area contributed by atoms with E-state index in [-0.39, 0.29) is 12.1 Å². The van der Waals surface area contributed by atoms with Crippen molar-refractivity contribution in [3.63, 3.8) is 0 Å². The molecule has 2 aromatic carbocycles. The molecule has 1 unspecified atom stereocenters. The molecule has 1 aliphatic heterocycles. The van der Waals surface area contributed by atoms with Crippen LogP contribution in [0.5, 0.6) is 0 Å². The number of carbonyl (C=O) groups is 1. The van der Waals surface area contributed by atoms with E-state index in [0.29, 0.717) is 28.0 Å². The Hall–Kier alpha value is -2.24. The van der Waals surface area contributed by atoms with E-state index in [1.54, 1.807) is 18.2 Å². The molecule has 142 valence electrons. The van der Waals surface area contributed by atoms with Crippen LogP contribution in [0.4, 0.5) is 10.5 Å². The zero-order chi connectivity index (χ0) is 19.6. The number of urea groups is 1. The number of nitrogens with two attached hydrogens (primary N) is 1. The van der Waals surface area contributed by atoms with Crippen LogP contribution in [0.25, 0.3) is 0 Å². The smallest absolute Gasteiger partial charge is 0.338 e. The fourth-order valence-electron chi connectivity index (χ4n) is 3.02. The summed E-state index contributed by atoms with van der Waals surface area (Å²) in [7, 11) is 0. The number of hydrogen-bond acceptors (Lipinski definition) is 3. The third-order valence-electron chi connectivity index (χ3n) is 4.57. The van der Waals surface area contributed by atoms with Crippen LogP contribution in [0.1, 0.15) is 49.4 Å². The van der Waals surface area contributed by atoms with Crippen molar-refractivity contribution in [2.45, 2.75) is 32.7 Å². The Morgan fingerprint density at radius 1 is 1.22 bits per heavy atom. The first kappa shape index (κ1) is 19.5. The minimum absolute atomic E-state index is 0.236. The van der Waals surface area contributed by atoms with E-state index in [1.165, 1.54) is 5.01 Å². The lowest BCUT2D eigenvalue weighted by atomic mass is 9.92. The summed E-state index contributed by atoms with van der Waals surface area (Å²) in [5, 5.41) is 9.94. The first-order valence-electron chi connectivity index (χ1n) is 8.93. The first-order valence-corrected chi connectivity index (χ1v) is 9.68. The third kappa shape index (κ3) is 4.04. The van der Waals surface area contributed by atoms with E-state index < -0.39 is 0 Å². The van der Waals surface area contributed by atoms with Crippen molar-refractivity contribution in [1.82, 2.24) is 10.3 Å². The van der Waals surface area contributed by atoms with Crippen molar-refractivity contribution >= 4 is 40.6 Å². The Morgan fingerprint density at radius 2 is 1.89 bits per heavy atom. The van der Waals surface area contributed by atoms with E-state index >= 15 is 0 Å². The quantitative estimate of drug-likeness (QED) is 0.541. The van der Waals surface area contributed by atoms with E-state index in [9.17, 15) is 4.79 Å². The Morgan fingerprint density at radius 3 is 2.56 bits per heavy atom. The number of nitrogens with one attached hydrogen (secondary N) is 1. The van der Waals surface area contributed by atoms with Crippen molar-refractivity contribution in [2.75, 3.05) is 12.3 Å². The second kappa shape index (κ2) is 8.19. The van der Waals surface area contributed by atoms with Gasteiger partial charge >= 0.3 is 6.03 Å². The normalized spacial score (nSPS) is 15.9. The van der Waals surface area contributed by atoms with Gasteiger partial charge < -0.3 is 11.1 Å². The van der Waals surface area contributed by atoms with Crippen LogP contribution in [0.15, 0.2) is 41.5 Å². The summed E-state index contributed by atoms with van der Waals surface area (Å²) >= 11 is 12.5. The van der Waals surface area contributed by atoms with Crippen LogP contribution in [0.3, 0.4) is 0 Å². The van der Waals surface area contributed by atoms with Crippen LogP contribution in [-0.2, 0) is 0 Å². The molecule has 1 atom stereocenters. The average molecular weight is 405 g/mol. The minimum atomic E-state index is -0.270. The molecule has 1 heterocycles. The predicted octanol–water partition coefficient (Wildman–Crippen LogP) is 5.21. The van der Waals surface area contributed by atoms with Gasteiger partial charge in [-0.1, -0.05) is 48.7 Å². The van der Waals surface area contributed by atoms with E-state index in [0.717, 1.165) is 29.5 Å². The number of fused-ring (bicyclic) bond motifs is 1. The molecule has 0 bridgehead atoms. The van der Waals surface area contributed by atoms with Gasteiger partial charge in [0.25, 0.3) is 0 Å². The van der Waals surface area contributed by atoms with Gasteiger partial charge in [0.05, 0.1) is 21.8 Å². The molecule has 1 aliphatic rings. The van der Waals surface area contributed by atoms with Crippen LogP contribution < -0.4 is 11.1 Å². The Bertz CT molecular complexity index is 880. The number of carbonyl (C=O) groups excluding carboxylic acids is 1. The molecule has 2 aromatic rings. The van der Waals surface area contributed by atoms with Crippen molar-refractivity contribution in [3.05, 3.63) is 63.1 Å². The molecule has 0 saturated heterocycles. The van der Waals surface area contributed by atoms with E-state index in [2.05, 4.69) is 17.3 Å². The number of benzene rings is 2. The maximum atomic E-state index is 12.7. The van der Waals surface area contributed by atoms with Gasteiger partial charge in [-0.05, 0) is 43.2 Å². The minimum Gasteiger partial charge on any atom is -0.399 e. The highest BCUT2D eigenvalue weighted by atomic mass is 35.5. The molecule has 7 heteroatoms. The number of nitrogens with zero attached hydrogens (tertiary/aromatic N) is 2. The topological polar surface area (TPSA) is 70.7 Å². The predicted molar refractivity (Wildman–Crippen MR) is 112 cm³/mol. The summed E-state index contributed by atoms with van der Waals surface area (Å²) in [5.41, 5.74) is 9.74. The maximum Gasteiger partial charge on any atom is 0.338 e. The maximum absolute atomic E-state index is 12.7. The molecule has 0 spiro atoms. The molecule has 2 amide bonds. The molecule has 0 saturated carbocycles. The summed E-state index contributed by atoms with van der Waals surface area (Å²) in [6, 6.07) is 10.5. The average Bonchev–Trinajstić information content (AvgIpc) is 2.65. The lowest BCUT2D eigenvalue weighted by Gasteiger charge is -2.32. The van der Waals surface area contributed by atoms with Crippen molar-refractivity contribution in [1.29, 1.82) is 0 Å². The number of unbranched alkanes of at least 4 members (excludes halogenated alkanes) is 1. The Labute approximate surface area is 169 Å². The first-order chi connectivity index (χ1) is 12.9. The SMILES string of the molecule is CCCCNC(=O)N1N=C(c2ccc(N)cc2)c2cc(Cl)c(Cl)cc2C1C. The van der Waals surface area contributed by atoms with Crippen LogP contribution in [-0.4, -0.2) is 23.3 Å². The zero-order valence-electron chi connectivity index (χ0n) is 15.3. The van der Waals surface area contributed by atoms with Gasteiger partial charge in [-0.15, -0.1) is 0 Å². The monoisotopic (exact) mass is 404 g/mol. The lowest BCUT2D eigenvalue weighted by Crippen LogP contribution is -2.41. The Kier molecular flexibility index (Phi) is 5.92. The number of nitrogen functional groups attached to an aromatic ring is 1. The highest BCUT2D eigenvalue weighted by Gasteiger charge is 2.31. The fraction of sp³-hybridized carbons (Fsp3) is 0.300. The Balaban J connectivity index is 2.07. The van der Waals surface area contributed by atoms with Crippen LogP contribution >= 0.6 is 23.2 Å². The van der Waals surface area contributed by atoms with Gasteiger partial charge in [0.1, 0.15) is 0 Å². The number of rotatable bonds is 4.